The normalized spacial score (nSPS) is 21.0. The third-order valence-electron chi connectivity index (χ3n) is 4.64. The van der Waals surface area contributed by atoms with E-state index in [1.807, 2.05) is 18.2 Å². The van der Waals surface area contributed by atoms with Gasteiger partial charge in [-0.2, -0.15) is 0 Å². The number of amides is 1. The zero-order valence-corrected chi connectivity index (χ0v) is 14.4. The maximum Gasteiger partial charge on any atom is 0.236 e. The summed E-state index contributed by atoms with van der Waals surface area (Å²) in [7, 11) is 0. The third-order valence-corrected chi connectivity index (χ3v) is 6.14. The first-order chi connectivity index (χ1) is 10.2. The lowest BCUT2D eigenvalue weighted by Crippen LogP contribution is -2.50. The summed E-state index contributed by atoms with van der Waals surface area (Å²) in [5.41, 5.74) is 5.83. The van der Waals surface area contributed by atoms with Crippen molar-refractivity contribution < 1.29 is 4.79 Å². The van der Waals surface area contributed by atoms with Crippen molar-refractivity contribution in [3.8, 4) is 0 Å². The molecule has 5 heteroatoms. The fourth-order valence-electron chi connectivity index (χ4n) is 3.20. The average Bonchev–Trinajstić information content (AvgIpc) is 3.25. The fraction of sp³-hybridized carbons (Fsp3) is 0.588. The van der Waals surface area contributed by atoms with Crippen LogP contribution in [0.3, 0.4) is 0 Å². The molecule has 0 saturated heterocycles. The lowest BCUT2D eigenvalue weighted by molar-refractivity contribution is -0.124. The molecule has 0 aliphatic heterocycles. The van der Waals surface area contributed by atoms with Crippen LogP contribution in [0.1, 0.15) is 38.5 Å². The average molecular weight is 341 g/mol. The van der Waals surface area contributed by atoms with E-state index >= 15 is 0 Å². The Morgan fingerprint density at radius 3 is 2.45 bits per heavy atom. The molecule has 1 unspecified atom stereocenters. The number of carbonyl (C=O) groups is 1. The molecule has 1 atom stereocenters. The summed E-state index contributed by atoms with van der Waals surface area (Å²) < 4.78 is -0.288. The van der Waals surface area contributed by atoms with Gasteiger partial charge in [0.05, 0.1) is 4.75 Å². The second-order valence-corrected chi connectivity index (χ2v) is 7.73. The Hall–Kier alpha value is -0.710. The Morgan fingerprint density at radius 1 is 1.27 bits per heavy atom. The molecule has 122 valence electrons. The summed E-state index contributed by atoms with van der Waals surface area (Å²) >= 11 is 1.74. The number of hydrogen-bond donors (Lipinski definition) is 2. The van der Waals surface area contributed by atoms with Gasteiger partial charge < -0.3 is 11.1 Å². The van der Waals surface area contributed by atoms with Crippen LogP contribution in [0.15, 0.2) is 35.2 Å². The highest BCUT2D eigenvalue weighted by atomic mass is 35.5. The Labute approximate surface area is 143 Å². The molecule has 0 bridgehead atoms. The van der Waals surface area contributed by atoms with Crippen molar-refractivity contribution in [2.75, 3.05) is 6.54 Å². The van der Waals surface area contributed by atoms with E-state index in [9.17, 15) is 4.79 Å². The number of hydrogen-bond acceptors (Lipinski definition) is 3. The summed E-state index contributed by atoms with van der Waals surface area (Å²) in [6.07, 6.45) is 6.65. The van der Waals surface area contributed by atoms with Crippen LogP contribution >= 0.6 is 24.2 Å². The zero-order chi connectivity index (χ0) is 14.7. The monoisotopic (exact) mass is 340 g/mol. The Morgan fingerprint density at radius 2 is 1.91 bits per heavy atom. The highest BCUT2D eigenvalue weighted by Crippen LogP contribution is 2.46. The highest BCUT2D eigenvalue weighted by molar-refractivity contribution is 8.01. The number of thioether (sulfide) groups is 1. The molecule has 1 aromatic rings. The number of benzene rings is 1. The first kappa shape index (κ1) is 17.6. The molecule has 2 saturated carbocycles. The molecule has 1 aromatic carbocycles. The summed E-state index contributed by atoms with van der Waals surface area (Å²) in [6.45, 7) is 0.558. The van der Waals surface area contributed by atoms with Crippen LogP contribution in [0.4, 0.5) is 0 Å². The predicted octanol–water partition coefficient (Wildman–Crippen LogP) is 3.37. The summed E-state index contributed by atoms with van der Waals surface area (Å²) in [6, 6.07) is 10.5. The minimum atomic E-state index is -0.288. The molecule has 2 aliphatic carbocycles. The molecule has 1 amide bonds. The van der Waals surface area contributed by atoms with Gasteiger partial charge in [0.1, 0.15) is 0 Å². The number of nitrogens with two attached hydrogens (primary N) is 1. The SMILES string of the molecule is Cl.NCC(NC(=O)C1(Sc2ccccc2)CCCC1)C1CC1. The molecule has 0 radical (unpaired) electrons. The van der Waals surface area contributed by atoms with Gasteiger partial charge in [0.15, 0.2) is 0 Å². The number of nitrogens with one attached hydrogen (secondary N) is 1. The van der Waals surface area contributed by atoms with Crippen LogP contribution in [-0.4, -0.2) is 23.2 Å². The van der Waals surface area contributed by atoms with E-state index in [1.165, 1.54) is 17.7 Å². The molecular formula is C17H25ClN2OS. The van der Waals surface area contributed by atoms with E-state index in [4.69, 9.17) is 5.73 Å². The maximum atomic E-state index is 12.9. The van der Waals surface area contributed by atoms with Crippen molar-refractivity contribution in [1.82, 2.24) is 5.32 Å². The predicted molar refractivity (Wildman–Crippen MR) is 94.5 cm³/mol. The van der Waals surface area contributed by atoms with Gasteiger partial charge in [-0.15, -0.1) is 24.2 Å². The Balaban J connectivity index is 0.00000176. The Kier molecular flexibility index (Phi) is 6.18. The molecule has 0 heterocycles. The zero-order valence-electron chi connectivity index (χ0n) is 12.8. The van der Waals surface area contributed by atoms with Gasteiger partial charge in [-0.05, 0) is 43.7 Å². The van der Waals surface area contributed by atoms with Crippen molar-refractivity contribution in [2.24, 2.45) is 11.7 Å². The quantitative estimate of drug-likeness (QED) is 0.834. The smallest absolute Gasteiger partial charge is 0.236 e. The van der Waals surface area contributed by atoms with Crippen molar-refractivity contribution >= 4 is 30.1 Å². The fourth-order valence-corrected chi connectivity index (χ4v) is 4.59. The second-order valence-electron chi connectivity index (χ2n) is 6.27. The third kappa shape index (κ3) is 3.98. The molecule has 3 rings (SSSR count). The van der Waals surface area contributed by atoms with Gasteiger partial charge in [0.2, 0.25) is 5.91 Å². The van der Waals surface area contributed by atoms with Crippen molar-refractivity contribution in [1.29, 1.82) is 0 Å². The topological polar surface area (TPSA) is 55.1 Å². The van der Waals surface area contributed by atoms with Crippen LogP contribution in [0.25, 0.3) is 0 Å². The van der Waals surface area contributed by atoms with Crippen molar-refractivity contribution in [2.45, 2.75) is 54.2 Å². The van der Waals surface area contributed by atoms with Crippen LogP contribution in [0, 0.1) is 5.92 Å². The molecule has 0 spiro atoms. The van der Waals surface area contributed by atoms with Crippen LogP contribution in [0.2, 0.25) is 0 Å². The van der Waals surface area contributed by atoms with E-state index in [-0.39, 0.29) is 29.1 Å². The van der Waals surface area contributed by atoms with Crippen molar-refractivity contribution in [3.63, 3.8) is 0 Å². The number of carbonyl (C=O) groups excluding carboxylic acids is 1. The molecule has 22 heavy (non-hydrogen) atoms. The van der Waals surface area contributed by atoms with E-state index in [0.29, 0.717) is 12.5 Å². The summed E-state index contributed by atoms with van der Waals surface area (Å²) in [5.74, 6) is 0.815. The standard InChI is InChI=1S/C17H24N2OS.ClH/c18-12-15(13-8-9-13)19-16(20)17(10-4-5-11-17)21-14-6-2-1-3-7-14;/h1-3,6-7,13,15H,4-5,8-12,18H2,(H,19,20);1H. The first-order valence-corrected chi connectivity index (χ1v) is 8.80. The highest BCUT2D eigenvalue weighted by Gasteiger charge is 2.44. The maximum absolute atomic E-state index is 12.9. The summed E-state index contributed by atoms with van der Waals surface area (Å²) in [4.78, 5) is 14.1. The van der Waals surface area contributed by atoms with Crippen molar-refractivity contribution in [3.05, 3.63) is 30.3 Å². The molecular weight excluding hydrogens is 316 g/mol. The molecule has 0 aromatic heterocycles. The largest absolute Gasteiger partial charge is 0.351 e. The minimum Gasteiger partial charge on any atom is -0.351 e. The van der Waals surface area contributed by atoms with Gasteiger partial charge in [0, 0.05) is 17.5 Å². The first-order valence-electron chi connectivity index (χ1n) is 7.99. The van der Waals surface area contributed by atoms with E-state index in [1.54, 1.807) is 11.8 Å². The van der Waals surface area contributed by atoms with Crippen LogP contribution in [-0.2, 0) is 4.79 Å². The van der Waals surface area contributed by atoms with E-state index in [2.05, 4.69) is 17.4 Å². The van der Waals surface area contributed by atoms with Gasteiger partial charge in [-0.25, -0.2) is 0 Å². The van der Waals surface area contributed by atoms with Gasteiger partial charge in [0.25, 0.3) is 0 Å². The van der Waals surface area contributed by atoms with Crippen LogP contribution in [0.5, 0.6) is 0 Å². The molecule has 2 fully saturated rings. The van der Waals surface area contributed by atoms with Gasteiger partial charge >= 0.3 is 0 Å². The van der Waals surface area contributed by atoms with Gasteiger partial charge in [-0.1, -0.05) is 31.0 Å². The summed E-state index contributed by atoms with van der Waals surface area (Å²) in [5, 5.41) is 3.25. The molecule has 3 nitrogen and oxygen atoms in total. The number of halogens is 1. The lowest BCUT2D eigenvalue weighted by Gasteiger charge is -2.29. The molecule has 2 aliphatic rings. The van der Waals surface area contributed by atoms with E-state index < -0.39 is 0 Å². The minimum absolute atomic E-state index is 0. The lowest BCUT2D eigenvalue weighted by atomic mass is 10.0. The van der Waals surface area contributed by atoms with Gasteiger partial charge in [-0.3, -0.25) is 4.79 Å². The molecule has 3 N–H and O–H groups in total. The number of rotatable bonds is 6. The second kappa shape index (κ2) is 7.71. The van der Waals surface area contributed by atoms with Crippen LogP contribution < -0.4 is 11.1 Å². The Bertz CT molecular complexity index is 487. The van der Waals surface area contributed by atoms with E-state index in [0.717, 1.165) is 25.7 Å².